The molecule has 1 rings (SSSR count). The summed E-state index contributed by atoms with van der Waals surface area (Å²) >= 11 is 0. The van der Waals surface area contributed by atoms with E-state index in [0.29, 0.717) is 0 Å². The van der Waals surface area contributed by atoms with Crippen LogP contribution in [0.1, 0.15) is 0 Å². The molecule has 1 aromatic rings. The maximum atomic E-state index is 13.3. The molecule has 13 heteroatoms. The van der Waals surface area contributed by atoms with Crippen molar-refractivity contribution in [2.24, 2.45) is 0 Å². The molecule has 0 aliphatic rings. The smallest absolute Gasteiger partial charge is 0.318 e. The van der Waals surface area contributed by atoms with Gasteiger partial charge in [0.2, 0.25) is 0 Å². The maximum Gasteiger partial charge on any atom is 0.441 e. The predicted molar refractivity (Wildman–Crippen MR) is 50.9 cm³/mol. The lowest BCUT2D eigenvalue weighted by Gasteiger charge is -2.28. The highest BCUT2D eigenvalue weighted by molar-refractivity contribution is 5.98. The third kappa shape index (κ3) is 3.03. The molecule has 0 fully saturated rings. The van der Waals surface area contributed by atoms with Crippen molar-refractivity contribution in [1.29, 1.82) is 0 Å². The lowest BCUT2D eigenvalue weighted by atomic mass is 10.0. The molecule has 2 nitrogen and oxygen atoms in total. The quantitative estimate of drug-likeness (QED) is 0.481. The minimum Gasteiger partial charge on any atom is -0.318 e. The molecule has 0 saturated carbocycles. The molecule has 0 heterocycles. The van der Waals surface area contributed by atoms with Gasteiger partial charge in [0, 0.05) is 6.07 Å². The van der Waals surface area contributed by atoms with E-state index in [1.165, 1.54) is 0 Å². The van der Waals surface area contributed by atoms with Gasteiger partial charge in [0.1, 0.15) is 5.69 Å². The minimum atomic E-state index is -6.85. The summed E-state index contributed by atoms with van der Waals surface area (Å²) in [7, 11) is 0. The number of nitrogens with one attached hydrogen (secondary N) is 1. The molecule has 0 bridgehead atoms. The Bertz CT molecular complexity index is 619. The molecular weight excluding hydrogens is 359 g/mol. The first kappa shape index (κ1) is 19.0. The Labute approximate surface area is 118 Å². The van der Waals surface area contributed by atoms with Crippen LogP contribution in [0.4, 0.5) is 54.0 Å². The molecule has 1 aromatic carbocycles. The van der Waals surface area contributed by atoms with E-state index in [1.54, 1.807) is 0 Å². The monoisotopic (exact) mass is 361 g/mol. The van der Waals surface area contributed by atoms with E-state index in [9.17, 15) is 53.1 Å². The molecule has 0 aliphatic carbocycles. The van der Waals surface area contributed by atoms with Crippen LogP contribution in [0.3, 0.4) is 0 Å². The number of hydrogen-bond acceptors (Lipinski definition) is 1. The zero-order valence-electron chi connectivity index (χ0n) is 10.1. The molecule has 0 atom stereocenters. The van der Waals surface area contributed by atoms with Crippen molar-refractivity contribution >= 4 is 11.6 Å². The highest BCUT2D eigenvalue weighted by Gasteiger charge is 2.77. The molecule has 0 unspecified atom stereocenters. The van der Waals surface area contributed by atoms with E-state index in [4.69, 9.17) is 0 Å². The molecule has 0 aliphatic heterocycles. The number of alkyl halides is 7. The van der Waals surface area contributed by atoms with Crippen LogP contribution in [0.2, 0.25) is 0 Å². The largest absolute Gasteiger partial charge is 0.441 e. The highest BCUT2D eigenvalue weighted by atomic mass is 19.4. The average molecular weight is 361 g/mol. The highest BCUT2D eigenvalue weighted by Crippen LogP contribution is 2.47. The van der Waals surface area contributed by atoms with Gasteiger partial charge >= 0.3 is 18.0 Å². The third-order valence-corrected chi connectivity index (χ3v) is 2.45. The Morgan fingerprint density at radius 2 is 1.22 bits per heavy atom. The van der Waals surface area contributed by atoms with Gasteiger partial charge in [0.25, 0.3) is 5.91 Å². The molecule has 1 amide bonds. The predicted octanol–water partition coefficient (Wildman–Crippen LogP) is 4.01. The van der Waals surface area contributed by atoms with Crippen LogP contribution < -0.4 is 5.32 Å². The zero-order chi connectivity index (χ0) is 18.4. The van der Waals surface area contributed by atoms with Gasteiger partial charge < -0.3 is 5.32 Å². The fourth-order valence-corrected chi connectivity index (χ4v) is 1.30. The second-order valence-electron chi connectivity index (χ2n) is 3.95. The molecule has 23 heavy (non-hydrogen) atoms. The molecule has 130 valence electrons. The molecule has 1 N–H and O–H groups in total. The van der Waals surface area contributed by atoms with Gasteiger partial charge in [-0.15, -0.1) is 0 Å². The summed E-state index contributed by atoms with van der Waals surface area (Å²) in [6, 6.07) is -0.477. The van der Waals surface area contributed by atoms with E-state index in [2.05, 4.69) is 0 Å². The Balaban J connectivity index is 3.39. The van der Waals surface area contributed by atoms with E-state index in [-0.39, 0.29) is 5.32 Å². The van der Waals surface area contributed by atoms with Crippen LogP contribution in [0, 0.1) is 23.3 Å². The van der Waals surface area contributed by atoms with Crippen LogP contribution in [-0.2, 0) is 4.79 Å². The van der Waals surface area contributed by atoms with Crippen LogP contribution in [0.25, 0.3) is 0 Å². The molecule has 0 saturated heterocycles. The number of carbonyl (C=O) groups is 1. The zero-order valence-corrected chi connectivity index (χ0v) is 10.1. The second kappa shape index (κ2) is 5.53. The summed E-state index contributed by atoms with van der Waals surface area (Å²) in [6.07, 6.45) is -13.7. The van der Waals surface area contributed by atoms with E-state index < -0.39 is 59.0 Å². The Kier molecular flexibility index (Phi) is 4.56. The standard InChI is InChI=1S/C10H2F11NO/c11-2-1-3(12)6(5(14)4(2)13)22-7(23)8(15,9(16,17)18)10(19,20)21/h1H,(H,22,23). The lowest BCUT2D eigenvalue weighted by Crippen LogP contribution is -2.61. The summed E-state index contributed by atoms with van der Waals surface area (Å²) in [4.78, 5) is 11.0. The normalized spacial score (nSPS) is 13.2. The molecular formula is C10H2F11NO. The summed E-state index contributed by atoms with van der Waals surface area (Å²) in [5.41, 5.74) is -8.76. The Morgan fingerprint density at radius 1 is 0.783 bits per heavy atom. The summed E-state index contributed by atoms with van der Waals surface area (Å²) in [6.45, 7) is 0. The first-order chi connectivity index (χ1) is 10.1. The number of anilines is 1. The number of benzene rings is 1. The van der Waals surface area contributed by atoms with E-state index in [0.717, 1.165) is 0 Å². The third-order valence-electron chi connectivity index (χ3n) is 2.45. The fraction of sp³-hybridized carbons (Fsp3) is 0.300. The van der Waals surface area contributed by atoms with Crippen molar-refractivity contribution in [2.45, 2.75) is 18.0 Å². The van der Waals surface area contributed by atoms with Crippen LogP contribution >= 0.6 is 0 Å². The van der Waals surface area contributed by atoms with Crippen LogP contribution in [-0.4, -0.2) is 23.9 Å². The van der Waals surface area contributed by atoms with Gasteiger partial charge in [-0.2, -0.15) is 26.3 Å². The average Bonchev–Trinajstić information content (AvgIpc) is 2.37. The van der Waals surface area contributed by atoms with Crippen LogP contribution in [0.15, 0.2) is 6.07 Å². The molecule has 0 aromatic heterocycles. The fourth-order valence-electron chi connectivity index (χ4n) is 1.30. The van der Waals surface area contributed by atoms with Crippen molar-refractivity contribution in [3.05, 3.63) is 29.3 Å². The number of amides is 1. The molecule has 0 spiro atoms. The second-order valence-corrected chi connectivity index (χ2v) is 3.95. The SMILES string of the molecule is O=C(Nc1c(F)cc(F)c(F)c1F)C(F)(C(F)(F)F)C(F)(F)F. The van der Waals surface area contributed by atoms with Gasteiger partial charge in [0.15, 0.2) is 23.3 Å². The van der Waals surface area contributed by atoms with Crippen molar-refractivity contribution in [3.63, 3.8) is 0 Å². The number of hydrogen-bond donors (Lipinski definition) is 1. The van der Waals surface area contributed by atoms with Gasteiger partial charge in [0.05, 0.1) is 0 Å². The van der Waals surface area contributed by atoms with Gasteiger partial charge in [-0.1, -0.05) is 0 Å². The number of rotatable bonds is 2. The van der Waals surface area contributed by atoms with Crippen molar-refractivity contribution in [3.8, 4) is 0 Å². The van der Waals surface area contributed by atoms with Gasteiger partial charge in [-0.05, 0) is 0 Å². The van der Waals surface area contributed by atoms with Gasteiger partial charge in [-0.25, -0.2) is 22.0 Å². The summed E-state index contributed by atoms with van der Waals surface area (Å²) in [5, 5.41) is 0.290. The maximum absolute atomic E-state index is 13.3. The van der Waals surface area contributed by atoms with E-state index >= 15 is 0 Å². The summed E-state index contributed by atoms with van der Waals surface area (Å²) in [5.74, 6) is -13.2. The number of halogens is 11. The van der Waals surface area contributed by atoms with Crippen molar-refractivity contribution in [1.82, 2.24) is 0 Å². The summed E-state index contributed by atoms with van der Waals surface area (Å²) < 4.78 is 138. The van der Waals surface area contributed by atoms with Gasteiger partial charge in [-0.3, -0.25) is 4.79 Å². The minimum absolute atomic E-state index is 0.290. The van der Waals surface area contributed by atoms with Crippen molar-refractivity contribution < 1.29 is 53.1 Å². The molecule has 0 radical (unpaired) electrons. The number of carbonyl (C=O) groups excluding carboxylic acids is 1. The first-order valence-corrected chi connectivity index (χ1v) is 5.11. The topological polar surface area (TPSA) is 29.1 Å². The first-order valence-electron chi connectivity index (χ1n) is 5.11. The van der Waals surface area contributed by atoms with E-state index in [1.807, 2.05) is 0 Å². The van der Waals surface area contributed by atoms with Crippen LogP contribution in [0.5, 0.6) is 0 Å². The Hall–Kier alpha value is -2.08. The lowest BCUT2D eigenvalue weighted by molar-refractivity contribution is -0.324. The Morgan fingerprint density at radius 3 is 1.61 bits per heavy atom. The van der Waals surface area contributed by atoms with Crippen molar-refractivity contribution in [2.75, 3.05) is 5.32 Å².